The van der Waals surface area contributed by atoms with E-state index in [9.17, 15) is 4.57 Å². The smallest absolute Gasteiger partial charge is 0.321 e. The lowest BCUT2D eigenvalue weighted by Crippen LogP contribution is -2.51. The molecular weight excluding hydrogens is 225 g/mol. The van der Waals surface area contributed by atoms with Gasteiger partial charge in [-0.25, -0.2) is 0 Å². The maximum absolute atomic E-state index is 11.2. The zero-order valence-corrected chi connectivity index (χ0v) is 9.38. The Labute approximate surface area is 88.1 Å². The second kappa shape index (κ2) is 5.36. The highest BCUT2D eigenvalue weighted by molar-refractivity contribution is 7.33. The second-order valence-corrected chi connectivity index (χ2v) is 4.57. The molecule has 7 nitrogen and oxygen atoms in total. The van der Waals surface area contributed by atoms with Crippen molar-refractivity contribution in [3.05, 3.63) is 0 Å². The number of epoxide rings is 1. The molecule has 4 N–H and O–H groups in total. The van der Waals surface area contributed by atoms with Gasteiger partial charge in [0.1, 0.15) is 6.10 Å². The van der Waals surface area contributed by atoms with Crippen LogP contribution in [0.25, 0.3) is 0 Å². The standard InChI is InChI=1S/C7H16NO6P/c1-5-6(13-5)14-15(11)12-4-7(8,2-9)3-10/h5-6,9-10,15H,2-4,8H2,1H3/t5-,6+/m0/s1. The minimum absolute atomic E-state index is 0.0686. The molecule has 0 saturated carbocycles. The predicted molar refractivity (Wildman–Crippen MR) is 51.5 cm³/mol. The average Bonchev–Trinajstić information content (AvgIpc) is 2.91. The van der Waals surface area contributed by atoms with Crippen molar-refractivity contribution in [3.8, 4) is 0 Å². The Morgan fingerprint density at radius 3 is 2.47 bits per heavy atom. The summed E-state index contributed by atoms with van der Waals surface area (Å²) in [6.07, 6.45) is -0.548. The first-order valence-corrected chi connectivity index (χ1v) is 5.73. The summed E-state index contributed by atoms with van der Waals surface area (Å²) in [5.41, 5.74) is 4.19. The highest BCUT2D eigenvalue weighted by Gasteiger charge is 2.37. The van der Waals surface area contributed by atoms with Crippen molar-refractivity contribution >= 4 is 8.25 Å². The van der Waals surface area contributed by atoms with Crippen LogP contribution in [0.4, 0.5) is 0 Å². The third-order valence-electron chi connectivity index (χ3n) is 1.98. The predicted octanol–water partition coefficient (Wildman–Crippen LogP) is -1.16. The molecule has 3 atom stereocenters. The van der Waals surface area contributed by atoms with Crippen molar-refractivity contribution in [2.45, 2.75) is 24.9 Å². The van der Waals surface area contributed by atoms with E-state index in [4.69, 9.17) is 29.7 Å². The third-order valence-corrected chi connectivity index (χ3v) is 2.78. The van der Waals surface area contributed by atoms with Crippen LogP contribution in [0.15, 0.2) is 0 Å². The summed E-state index contributed by atoms with van der Waals surface area (Å²) < 4.78 is 25.7. The quantitative estimate of drug-likeness (QED) is 0.380. The maximum atomic E-state index is 11.2. The Bertz CT molecular complexity index is 234. The lowest BCUT2D eigenvalue weighted by molar-refractivity contribution is 0.0683. The molecule has 15 heavy (non-hydrogen) atoms. The molecule has 0 bridgehead atoms. The first kappa shape index (κ1) is 13.1. The fourth-order valence-electron chi connectivity index (χ4n) is 0.763. The van der Waals surface area contributed by atoms with Gasteiger partial charge in [0.25, 0.3) is 0 Å². The van der Waals surface area contributed by atoms with E-state index in [0.29, 0.717) is 0 Å². The fourth-order valence-corrected chi connectivity index (χ4v) is 1.67. The van der Waals surface area contributed by atoms with E-state index in [-0.39, 0.29) is 12.7 Å². The molecule has 1 saturated heterocycles. The summed E-state index contributed by atoms with van der Waals surface area (Å²) in [4.78, 5) is 0. The molecule has 0 spiro atoms. The minimum atomic E-state index is -2.69. The van der Waals surface area contributed by atoms with Crippen molar-refractivity contribution in [2.24, 2.45) is 5.73 Å². The third kappa shape index (κ3) is 4.16. The molecule has 0 aromatic rings. The van der Waals surface area contributed by atoms with Gasteiger partial charge in [-0.3, -0.25) is 9.09 Å². The molecule has 1 unspecified atom stereocenters. The van der Waals surface area contributed by atoms with Crippen LogP contribution in [-0.4, -0.2) is 48.0 Å². The minimum Gasteiger partial charge on any atom is -0.394 e. The van der Waals surface area contributed by atoms with E-state index in [1.807, 2.05) is 0 Å². The van der Waals surface area contributed by atoms with Gasteiger partial charge in [-0.05, 0) is 6.92 Å². The number of aliphatic hydroxyl groups excluding tert-OH is 2. The monoisotopic (exact) mass is 241 g/mol. The average molecular weight is 241 g/mol. The van der Waals surface area contributed by atoms with E-state index in [0.717, 1.165) is 0 Å². The van der Waals surface area contributed by atoms with E-state index < -0.39 is 33.3 Å². The van der Waals surface area contributed by atoms with Crippen LogP contribution < -0.4 is 5.73 Å². The Hall–Kier alpha value is -0.0100. The Kier molecular flexibility index (Phi) is 4.66. The molecule has 1 aliphatic heterocycles. The maximum Gasteiger partial charge on any atom is 0.321 e. The van der Waals surface area contributed by atoms with Crippen molar-refractivity contribution in [1.82, 2.24) is 0 Å². The largest absolute Gasteiger partial charge is 0.394 e. The van der Waals surface area contributed by atoms with Crippen LogP contribution in [0.2, 0.25) is 0 Å². The van der Waals surface area contributed by atoms with Gasteiger partial charge in [-0.2, -0.15) is 0 Å². The second-order valence-electron chi connectivity index (χ2n) is 3.54. The van der Waals surface area contributed by atoms with E-state index >= 15 is 0 Å². The number of hydrogen-bond acceptors (Lipinski definition) is 7. The van der Waals surface area contributed by atoms with Gasteiger partial charge in [0, 0.05) is 0 Å². The van der Waals surface area contributed by atoms with Gasteiger partial charge in [-0.15, -0.1) is 0 Å². The van der Waals surface area contributed by atoms with Crippen molar-refractivity contribution in [3.63, 3.8) is 0 Å². The van der Waals surface area contributed by atoms with Crippen molar-refractivity contribution < 1.29 is 28.6 Å². The molecule has 1 aliphatic rings. The molecule has 90 valence electrons. The molecule has 0 amide bonds. The molecule has 1 rings (SSSR count). The Morgan fingerprint density at radius 1 is 1.53 bits per heavy atom. The highest BCUT2D eigenvalue weighted by atomic mass is 31.1. The van der Waals surface area contributed by atoms with Crippen LogP contribution in [0.1, 0.15) is 6.92 Å². The van der Waals surface area contributed by atoms with E-state index in [1.165, 1.54) is 0 Å². The van der Waals surface area contributed by atoms with Crippen molar-refractivity contribution in [2.75, 3.05) is 19.8 Å². The Morgan fingerprint density at radius 2 is 2.07 bits per heavy atom. The fraction of sp³-hybridized carbons (Fsp3) is 1.00. The topological polar surface area (TPSA) is 115 Å². The van der Waals surface area contributed by atoms with Crippen LogP contribution in [0.3, 0.4) is 0 Å². The zero-order valence-electron chi connectivity index (χ0n) is 8.38. The lowest BCUT2D eigenvalue weighted by Gasteiger charge is -2.23. The number of rotatable bonds is 7. The highest BCUT2D eigenvalue weighted by Crippen LogP contribution is 2.35. The number of hydrogen-bond donors (Lipinski definition) is 3. The van der Waals surface area contributed by atoms with Gasteiger partial charge in [0.15, 0.2) is 6.29 Å². The molecule has 1 heterocycles. The van der Waals surface area contributed by atoms with Crippen molar-refractivity contribution in [1.29, 1.82) is 0 Å². The van der Waals surface area contributed by atoms with E-state index in [1.54, 1.807) is 6.92 Å². The summed E-state index contributed by atoms with van der Waals surface area (Å²) >= 11 is 0. The van der Waals surface area contributed by atoms with Crippen LogP contribution >= 0.6 is 8.25 Å². The molecule has 0 aromatic heterocycles. The summed E-state index contributed by atoms with van der Waals surface area (Å²) in [5, 5.41) is 17.6. The van der Waals surface area contributed by atoms with Gasteiger partial charge >= 0.3 is 8.25 Å². The normalized spacial score (nSPS) is 27.7. The first-order valence-electron chi connectivity index (χ1n) is 4.50. The van der Waals surface area contributed by atoms with Crippen LogP contribution in [0, 0.1) is 0 Å². The molecular formula is C7H16NO6P. The molecule has 0 radical (unpaired) electrons. The molecule has 0 aromatic carbocycles. The summed E-state index contributed by atoms with van der Waals surface area (Å²) in [5.74, 6) is 0. The molecule has 8 heteroatoms. The molecule has 0 aliphatic carbocycles. The summed E-state index contributed by atoms with van der Waals surface area (Å²) in [6.45, 7) is 0.608. The van der Waals surface area contributed by atoms with Gasteiger partial charge in [-0.1, -0.05) is 0 Å². The SMILES string of the molecule is C[C@@H]1O[C@@H]1O[PH](=O)OCC(N)(CO)CO. The van der Waals surface area contributed by atoms with Gasteiger partial charge in [0.05, 0.1) is 25.4 Å². The first-order chi connectivity index (χ1) is 7.00. The summed E-state index contributed by atoms with van der Waals surface area (Å²) in [6, 6.07) is 0. The van der Waals surface area contributed by atoms with Gasteiger partial charge in [0.2, 0.25) is 0 Å². The number of ether oxygens (including phenoxy) is 1. The number of aliphatic hydroxyl groups is 2. The number of nitrogens with two attached hydrogens (primary N) is 1. The van der Waals surface area contributed by atoms with Crippen LogP contribution in [0.5, 0.6) is 0 Å². The van der Waals surface area contributed by atoms with Gasteiger partial charge < -0.3 is 25.2 Å². The molecule has 1 fully saturated rings. The summed E-state index contributed by atoms with van der Waals surface area (Å²) in [7, 11) is -2.69. The lowest BCUT2D eigenvalue weighted by atomic mass is 10.1. The van der Waals surface area contributed by atoms with Crippen LogP contribution in [-0.2, 0) is 18.3 Å². The Balaban J connectivity index is 2.20. The zero-order chi connectivity index (χ0) is 11.5. The van der Waals surface area contributed by atoms with E-state index in [2.05, 4.69) is 0 Å².